The topological polar surface area (TPSA) is 97.9 Å². The van der Waals surface area contributed by atoms with E-state index >= 15 is 0 Å². The smallest absolute Gasteiger partial charge is 0.404 e. The molecule has 1 atom stereocenters. The van der Waals surface area contributed by atoms with Gasteiger partial charge in [0.2, 0.25) is 5.91 Å². The van der Waals surface area contributed by atoms with Gasteiger partial charge in [-0.2, -0.15) is 0 Å². The average molecular weight is 346 g/mol. The minimum absolute atomic E-state index is 0.0295. The number of ether oxygens (including phenoxy) is 1. The minimum atomic E-state index is -0.727. The predicted molar refractivity (Wildman–Crippen MR) is 90.5 cm³/mol. The van der Waals surface area contributed by atoms with Gasteiger partial charge in [-0.05, 0) is 30.9 Å². The van der Waals surface area contributed by atoms with Crippen molar-refractivity contribution in [3.05, 3.63) is 28.0 Å². The molecule has 134 valence electrons. The fourth-order valence-corrected chi connectivity index (χ4v) is 4.22. The number of aryl methyl sites for hydroxylation is 1. The molecule has 0 aliphatic carbocycles. The van der Waals surface area contributed by atoms with Crippen molar-refractivity contribution in [3.63, 3.8) is 0 Å². The number of carbonyl (C=O) groups is 2. The monoisotopic (exact) mass is 346 g/mol. The Kier molecular flexibility index (Phi) is 3.99. The number of nitrogens with two attached hydrogens (primary N) is 1. The maximum absolute atomic E-state index is 12.4. The molecule has 4 rings (SSSR count). The highest BCUT2D eigenvalue weighted by Crippen LogP contribution is 2.35. The highest BCUT2D eigenvalue weighted by Gasteiger charge is 2.38. The number of primary amides is 1. The molecule has 1 unspecified atom stereocenters. The van der Waals surface area contributed by atoms with Gasteiger partial charge in [0.05, 0.1) is 6.04 Å². The van der Waals surface area contributed by atoms with Crippen LogP contribution in [0.3, 0.4) is 0 Å². The lowest BCUT2D eigenvalue weighted by Crippen LogP contribution is -2.42. The van der Waals surface area contributed by atoms with E-state index in [9.17, 15) is 14.4 Å². The molecular weight excluding hydrogens is 324 g/mol. The van der Waals surface area contributed by atoms with Crippen LogP contribution in [0.2, 0.25) is 0 Å². The summed E-state index contributed by atoms with van der Waals surface area (Å²) < 4.78 is 6.85. The maximum atomic E-state index is 12.4. The van der Waals surface area contributed by atoms with Crippen molar-refractivity contribution in [3.8, 4) is 0 Å². The number of carbonyl (C=O) groups excluding carboxylic acids is 2. The largest absolute Gasteiger partial charge is 0.446 e. The van der Waals surface area contributed by atoms with E-state index in [0.29, 0.717) is 25.9 Å². The first-order valence-corrected chi connectivity index (χ1v) is 8.76. The third kappa shape index (κ3) is 2.90. The number of aromatic nitrogens is 1. The quantitative estimate of drug-likeness (QED) is 0.845. The minimum Gasteiger partial charge on any atom is -0.446 e. The van der Waals surface area contributed by atoms with Crippen molar-refractivity contribution in [2.24, 2.45) is 5.73 Å². The van der Waals surface area contributed by atoms with Gasteiger partial charge in [-0.3, -0.25) is 19.1 Å². The van der Waals surface area contributed by atoms with Gasteiger partial charge < -0.3 is 15.4 Å². The summed E-state index contributed by atoms with van der Waals surface area (Å²) in [4.78, 5) is 39.6. The SMILES string of the molecule is NC(=O)OC1CCN(CC2CN3C(=O)CCc4ccc(=O)n2c43)CC1. The molecule has 0 bridgehead atoms. The molecule has 1 aromatic heterocycles. The van der Waals surface area contributed by atoms with Crippen LogP contribution in [-0.2, 0) is 16.0 Å². The number of amides is 2. The van der Waals surface area contributed by atoms with Gasteiger partial charge in [0.1, 0.15) is 11.9 Å². The summed E-state index contributed by atoms with van der Waals surface area (Å²) >= 11 is 0. The van der Waals surface area contributed by atoms with Crippen LogP contribution in [0.15, 0.2) is 16.9 Å². The van der Waals surface area contributed by atoms with E-state index in [0.717, 1.165) is 37.3 Å². The zero-order valence-corrected chi connectivity index (χ0v) is 14.0. The highest BCUT2D eigenvalue weighted by molar-refractivity contribution is 5.96. The first kappa shape index (κ1) is 16.1. The Labute approximate surface area is 145 Å². The summed E-state index contributed by atoms with van der Waals surface area (Å²) in [7, 11) is 0. The van der Waals surface area contributed by atoms with Crippen LogP contribution < -0.4 is 16.2 Å². The van der Waals surface area contributed by atoms with Gasteiger partial charge in [0, 0.05) is 38.7 Å². The number of nitrogens with zero attached hydrogens (tertiary/aromatic N) is 3. The lowest BCUT2D eigenvalue weighted by molar-refractivity contribution is -0.118. The normalized spacial score (nSPS) is 23.6. The number of anilines is 1. The molecule has 3 aliphatic rings. The summed E-state index contributed by atoms with van der Waals surface area (Å²) in [5.74, 6) is 0.892. The van der Waals surface area contributed by atoms with E-state index in [4.69, 9.17) is 10.5 Å². The van der Waals surface area contributed by atoms with Gasteiger partial charge in [-0.25, -0.2) is 4.79 Å². The zero-order valence-electron chi connectivity index (χ0n) is 14.0. The summed E-state index contributed by atoms with van der Waals surface area (Å²) in [6.07, 6.45) is 1.83. The maximum Gasteiger partial charge on any atom is 0.404 e. The zero-order chi connectivity index (χ0) is 17.6. The van der Waals surface area contributed by atoms with Crippen molar-refractivity contribution in [2.75, 3.05) is 31.1 Å². The van der Waals surface area contributed by atoms with E-state index < -0.39 is 6.09 Å². The standard InChI is InChI=1S/C17H22N4O4/c18-17(24)25-13-5-7-19(8-6-13)9-12-10-20-14(22)3-1-11-2-4-15(23)21(12)16(11)20/h2,4,12-13H,1,3,5-10H2,(H2,18,24). The fraction of sp³-hybridized carbons (Fsp3) is 0.588. The Morgan fingerprint density at radius 1 is 1.20 bits per heavy atom. The lowest BCUT2D eigenvalue weighted by Gasteiger charge is -2.33. The number of likely N-dealkylation sites (tertiary alicyclic amines) is 1. The molecule has 3 aliphatic heterocycles. The summed E-state index contributed by atoms with van der Waals surface area (Å²) in [6.45, 7) is 2.84. The molecule has 0 saturated carbocycles. The van der Waals surface area contributed by atoms with E-state index in [-0.39, 0.29) is 23.6 Å². The van der Waals surface area contributed by atoms with Gasteiger partial charge in [-0.15, -0.1) is 0 Å². The summed E-state index contributed by atoms with van der Waals surface area (Å²) in [5, 5.41) is 0. The Balaban J connectivity index is 1.49. The van der Waals surface area contributed by atoms with Crippen LogP contribution in [0.1, 0.15) is 30.9 Å². The third-order valence-corrected chi connectivity index (χ3v) is 5.39. The Hall–Kier alpha value is -2.35. The van der Waals surface area contributed by atoms with Crippen LogP contribution in [0.4, 0.5) is 10.6 Å². The van der Waals surface area contributed by atoms with Crippen LogP contribution in [0, 0.1) is 0 Å². The molecule has 1 fully saturated rings. The summed E-state index contributed by atoms with van der Waals surface area (Å²) in [6, 6.07) is 3.43. The van der Waals surface area contributed by atoms with Crippen molar-refractivity contribution < 1.29 is 14.3 Å². The second-order valence-electron chi connectivity index (χ2n) is 6.99. The van der Waals surface area contributed by atoms with Gasteiger partial charge in [0.15, 0.2) is 0 Å². The predicted octanol–water partition coefficient (Wildman–Crippen LogP) is 0.242. The molecule has 1 saturated heterocycles. The molecule has 0 aromatic carbocycles. The van der Waals surface area contributed by atoms with Crippen molar-refractivity contribution >= 4 is 17.8 Å². The number of hydrogen-bond acceptors (Lipinski definition) is 5. The Morgan fingerprint density at radius 2 is 1.96 bits per heavy atom. The van der Waals surface area contributed by atoms with Gasteiger partial charge >= 0.3 is 6.09 Å². The fourth-order valence-electron chi connectivity index (χ4n) is 4.22. The summed E-state index contributed by atoms with van der Waals surface area (Å²) in [5.41, 5.74) is 6.10. The Bertz CT molecular complexity index is 766. The van der Waals surface area contributed by atoms with Crippen molar-refractivity contribution in [2.45, 2.75) is 37.8 Å². The molecule has 25 heavy (non-hydrogen) atoms. The molecule has 4 heterocycles. The number of piperidine rings is 1. The van der Waals surface area contributed by atoms with E-state index in [1.54, 1.807) is 15.5 Å². The van der Waals surface area contributed by atoms with Crippen LogP contribution in [0.5, 0.6) is 0 Å². The van der Waals surface area contributed by atoms with E-state index in [1.807, 2.05) is 6.07 Å². The highest BCUT2D eigenvalue weighted by atomic mass is 16.6. The van der Waals surface area contributed by atoms with E-state index in [2.05, 4.69) is 4.90 Å². The third-order valence-electron chi connectivity index (χ3n) is 5.39. The molecule has 8 nitrogen and oxygen atoms in total. The molecule has 2 amide bonds. The lowest BCUT2D eigenvalue weighted by atomic mass is 10.1. The molecular formula is C17H22N4O4. The second kappa shape index (κ2) is 6.18. The van der Waals surface area contributed by atoms with E-state index in [1.165, 1.54) is 0 Å². The van der Waals surface area contributed by atoms with Crippen LogP contribution >= 0.6 is 0 Å². The number of hydrogen-bond donors (Lipinski definition) is 1. The first-order chi connectivity index (χ1) is 12.0. The molecule has 2 N–H and O–H groups in total. The number of pyridine rings is 1. The van der Waals surface area contributed by atoms with Crippen molar-refractivity contribution in [1.82, 2.24) is 9.47 Å². The molecule has 0 spiro atoms. The van der Waals surface area contributed by atoms with Crippen LogP contribution in [0.25, 0.3) is 0 Å². The van der Waals surface area contributed by atoms with Crippen LogP contribution in [-0.4, -0.2) is 53.8 Å². The average Bonchev–Trinajstić information content (AvgIpc) is 2.96. The number of rotatable bonds is 3. The van der Waals surface area contributed by atoms with Crippen molar-refractivity contribution in [1.29, 1.82) is 0 Å². The molecule has 8 heteroatoms. The Morgan fingerprint density at radius 3 is 2.68 bits per heavy atom. The van der Waals surface area contributed by atoms with Gasteiger partial charge in [-0.1, -0.05) is 0 Å². The molecule has 1 aromatic rings. The van der Waals surface area contributed by atoms with Gasteiger partial charge in [0.25, 0.3) is 5.56 Å². The molecule has 0 radical (unpaired) electrons. The first-order valence-electron chi connectivity index (χ1n) is 8.76. The second-order valence-corrected chi connectivity index (χ2v) is 6.99.